The fraction of sp³-hybridized carbons (Fsp3) is 0.562. The molecule has 1 atom stereocenters. The highest BCUT2D eigenvalue weighted by Crippen LogP contribution is 2.27. The number of piperidine rings is 1. The van der Waals surface area contributed by atoms with Gasteiger partial charge in [0, 0.05) is 12.1 Å². The lowest BCUT2D eigenvalue weighted by Crippen LogP contribution is -2.52. The monoisotopic (exact) mass is 293 g/mol. The number of carbonyl (C=O) groups is 1. The SMILES string of the molecule is COc1c(C)cc(C(=O)N2CCC[C@](O)(CO)C2)cc1C. The highest BCUT2D eigenvalue weighted by molar-refractivity contribution is 5.95. The Morgan fingerprint density at radius 3 is 2.52 bits per heavy atom. The first-order valence-corrected chi connectivity index (χ1v) is 7.18. The molecule has 0 saturated carbocycles. The third-order valence-electron chi connectivity index (χ3n) is 4.05. The van der Waals surface area contributed by atoms with E-state index in [9.17, 15) is 15.0 Å². The molecule has 1 amide bonds. The maximum Gasteiger partial charge on any atom is 0.253 e. The normalized spacial score (nSPS) is 22.2. The zero-order valence-corrected chi connectivity index (χ0v) is 12.8. The van der Waals surface area contributed by atoms with Gasteiger partial charge in [-0.1, -0.05) is 0 Å². The molecule has 1 aliphatic rings. The van der Waals surface area contributed by atoms with Crippen molar-refractivity contribution in [2.45, 2.75) is 32.3 Å². The van der Waals surface area contributed by atoms with E-state index in [1.807, 2.05) is 13.8 Å². The van der Waals surface area contributed by atoms with Crippen LogP contribution in [-0.4, -0.2) is 53.4 Å². The summed E-state index contributed by atoms with van der Waals surface area (Å²) in [6, 6.07) is 3.61. The van der Waals surface area contributed by atoms with E-state index in [4.69, 9.17) is 4.74 Å². The van der Waals surface area contributed by atoms with Crippen molar-refractivity contribution in [3.63, 3.8) is 0 Å². The number of nitrogens with zero attached hydrogens (tertiary/aromatic N) is 1. The molecule has 2 N–H and O–H groups in total. The summed E-state index contributed by atoms with van der Waals surface area (Å²) in [5, 5.41) is 19.4. The van der Waals surface area contributed by atoms with Crippen LogP contribution in [0.15, 0.2) is 12.1 Å². The van der Waals surface area contributed by atoms with Gasteiger partial charge < -0.3 is 19.8 Å². The van der Waals surface area contributed by atoms with Crippen molar-refractivity contribution in [3.8, 4) is 5.75 Å². The van der Waals surface area contributed by atoms with Crippen LogP contribution in [-0.2, 0) is 0 Å². The van der Waals surface area contributed by atoms with E-state index < -0.39 is 5.60 Å². The quantitative estimate of drug-likeness (QED) is 0.880. The summed E-state index contributed by atoms with van der Waals surface area (Å²) in [6.45, 7) is 4.26. The molecular formula is C16H23NO4. The summed E-state index contributed by atoms with van der Waals surface area (Å²) in [4.78, 5) is 14.2. The minimum atomic E-state index is -1.18. The number of likely N-dealkylation sites (tertiary alicyclic amines) is 1. The van der Waals surface area contributed by atoms with E-state index in [1.165, 1.54) is 0 Å². The molecule has 2 rings (SSSR count). The predicted octanol–water partition coefficient (Wildman–Crippen LogP) is 1.27. The molecule has 21 heavy (non-hydrogen) atoms. The Morgan fingerprint density at radius 1 is 1.38 bits per heavy atom. The van der Waals surface area contributed by atoms with E-state index in [2.05, 4.69) is 0 Å². The lowest BCUT2D eigenvalue weighted by atomic mass is 9.93. The molecular weight excluding hydrogens is 270 g/mol. The Bertz CT molecular complexity index is 520. The molecule has 116 valence electrons. The molecule has 0 unspecified atom stereocenters. The van der Waals surface area contributed by atoms with Crippen LogP contribution in [0.2, 0.25) is 0 Å². The Kier molecular flexibility index (Phi) is 4.54. The van der Waals surface area contributed by atoms with Crippen molar-refractivity contribution >= 4 is 5.91 Å². The van der Waals surface area contributed by atoms with Crippen molar-refractivity contribution in [2.24, 2.45) is 0 Å². The van der Waals surface area contributed by atoms with Gasteiger partial charge in [0.05, 0.1) is 20.3 Å². The number of hydrogen-bond acceptors (Lipinski definition) is 4. The number of aliphatic hydroxyl groups is 2. The van der Waals surface area contributed by atoms with Crippen LogP contribution in [0.5, 0.6) is 5.75 Å². The summed E-state index contributed by atoms with van der Waals surface area (Å²) in [5.41, 5.74) is 1.24. The maximum absolute atomic E-state index is 12.6. The number of carbonyl (C=O) groups excluding carboxylic acids is 1. The predicted molar refractivity (Wildman–Crippen MR) is 79.6 cm³/mol. The van der Waals surface area contributed by atoms with Gasteiger partial charge in [-0.2, -0.15) is 0 Å². The van der Waals surface area contributed by atoms with E-state index in [0.29, 0.717) is 24.9 Å². The van der Waals surface area contributed by atoms with Crippen LogP contribution in [0.3, 0.4) is 0 Å². The van der Waals surface area contributed by atoms with Crippen LogP contribution in [0.4, 0.5) is 0 Å². The van der Waals surface area contributed by atoms with Crippen LogP contribution < -0.4 is 4.74 Å². The van der Waals surface area contributed by atoms with Crippen molar-refractivity contribution in [1.29, 1.82) is 0 Å². The Morgan fingerprint density at radius 2 is 2.00 bits per heavy atom. The van der Waals surface area contributed by atoms with Crippen LogP contribution in [0, 0.1) is 13.8 Å². The summed E-state index contributed by atoms with van der Waals surface area (Å²) in [6.07, 6.45) is 1.21. The minimum absolute atomic E-state index is 0.115. The summed E-state index contributed by atoms with van der Waals surface area (Å²) in [7, 11) is 1.61. The molecule has 0 radical (unpaired) electrons. The molecule has 1 aromatic rings. The molecule has 1 heterocycles. The Hall–Kier alpha value is -1.59. The molecule has 0 spiro atoms. The zero-order valence-electron chi connectivity index (χ0n) is 12.8. The number of β-amino-alcohol motifs (C(OH)–C–C–N with tert-alkyl or cyclic N) is 1. The number of benzene rings is 1. The lowest BCUT2D eigenvalue weighted by Gasteiger charge is -2.38. The molecule has 1 fully saturated rings. The van der Waals surface area contributed by atoms with Crippen LogP contribution in [0.25, 0.3) is 0 Å². The first kappa shape index (κ1) is 15.8. The van der Waals surface area contributed by atoms with E-state index in [-0.39, 0.29) is 19.1 Å². The highest BCUT2D eigenvalue weighted by Gasteiger charge is 2.35. The number of aliphatic hydroxyl groups excluding tert-OH is 1. The summed E-state index contributed by atoms with van der Waals surface area (Å²) >= 11 is 0. The van der Waals surface area contributed by atoms with E-state index in [0.717, 1.165) is 16.9 Å². The zero-order chi connectivity index (χ0) is 15.6. The van der Waals surface area contributed by atoms with Crippen LogP contribution >= 0.6 is 0 Å². The average molecular weight is 293 g/mol. The van der Waals surface area contributed by atoms with Gasteiger partial charge in [-0.05, 0) is 49.9 Å². The second kappa shape index (κ2) is 6.03. The largest absolute Gasteiger partial charge is 0.496 e. The first-order chi connectivity index (χ1) is 9.90. The van der Waals surface area contributed by atoms with Gasteiger partial charge >= 0.3 is 0 Å². The van der Waals surface area contributed by atoms with Gasteiger partial charge in [-0.3, -0.25) is 4.79 Å². The molecule has 0 aromatic heterocycles. The van der Waals surface area contributed by atoms with Gasteiger partial charge in [0.2, 0.25) is 0 Å². The van der Waals surface area contributed by atoms with Gasteiger partial charge in [0.25, 0.3) is 5.91 Å². The van der Waals surface area contributed by atoms with Gasteiger partial charge in [0.15, 0.2) is 0 Å². The topological polar surface area (TPSA) is 70.0 Å². The highest BCUT2D eigenvalue weighted by atomic mass is 16.5. The molecule has 0 aliphatic carbocycles. The molecule has 5 heteroatoms. The minimum Gasteiger partial charge on any atom is -0.496 e. The molecule has 1 aliphatic heterocycles. The number of aryl methyl sites for hydroxylation is 2. The number of ether oxygens (including phenoxy) is 1. The smallest absolute Gasteiger partial charge is 0.253 e. The van der Waals surface area contributed by atoms with Crippen molar-refractivity contribution in [2.75, 3.05) is 26.8 Å². The second-order valence-corrected chi connectivity index (χ2v) is 5.86. The Labute approximate surface area is 125 Å². The summed E-state index contributed by atoms with van der Waals surface area (Å²) < 4.78 is 5.31. The average Bonchev–Trinajstić information content (AvgIpc) is 2.46. The fourth-order valence-corrected chi connectivity index (χ4v) is 2.99. The lowest BCUT2D eigenvalue weighted by molar-refractivity contribution is -0.0598. The summed E-state index contributed by atoms with van der Waals surface area (Å²) in [5.74, 6) is 0.674. The van der Waals surface area contributed by atoms with E-state index >= 15 is 0 Å². The van der Waals surface area contributed by atoms with Crippen molar-refractivity contribution < 1.29 is 19.7 Å². The first-order valence-electron chi connectivity index (χ1n) is 7.18. The molecule has 1 saturated heterocycles. The van der Waals surface area contributed by atoms with Crippen molar-refractivity contribution in [3.05, 3.63) is 28.8 Å². The number of methoxy groups -OCH3 is 1. The molecule has 0 bridgehead atoms. The third kappa shape index (κ3) is 3.19. The number of rotatable bonds is 3. The van der Waals surface area contributed by atoms with Crippen LogP contribution in [0.1, 0.15) is 34.3 Å². The Balaban J connectivity index is 2.24. The van der Waals surface area contributed by atoms with Gasteiger partial charge in [0.1, 0.15) is 11.4 Å². The fourth-order valence-electron chi connectivity index (χ4n) is 2.99. The van der Waals surface area contributed by atoms with E-state index in [1.54, 1.807) is 24.1 Å². The molecule has 1 aromatic carbocycles. The maximum atomic E-state index is 12.6. The number of hydrogen-bond donors (Lipinski definition) is 2. The molecule has 5 nitrogen and oxygen atoms in total. The van der Waals surface area contributed by atoms with Gasteiger partial charge in [-0.15, -0.1) is 0 Å². The number of amides is 1. The van der Waals surface area contributed by atoms with Crippen molar-refractivity contribution in [1.82, 2.24) is 4.90 Å². The van der Waals surface area contributed by atoms with Gasteiger partial charge in [-0.25, -0.2) is 0 Å². The second-order valence-electron chi connectivity index (χ2n) is 5.86. The standard InChI is InChI=1S/C16H23NO4/c1-11-7-13(8-12(2)14(11)21-3)15(19)17-6-4-5-16(20,9-17)10-18/h7-8,18,20H,4-6,9-10H2,1-3H3/t16-/m1/s1. The third-order valence-corrected chi connectivity index (χ3v) is 4.05.